The molecule has 0 unspecified atom stereocenters. The lowest BCUT2D eigenvalue weighted by molar-refractivity contribution is -0.140. The molecule has 0 spiro atoms. The van der Waals surface area contributed by atoms with Crippen molar-refractivity contribution in [3.8, 4) is 0 Å². The number of methoxy groups -OCH3 is 1. The highest BCUT2D eigenvalue weighted by atomic mass is 16.6. The van der Waals surface area contributed by atoms with Crippen LogP contribution in [0.5, 0.6) is 0 Å². The third kappa shape index (κ3) is 2.29. The van der Waals surface area contributed by atoms with E-state index in [0.29, 0.717) is 0 Å². The summed E-state index contributed by atoms with van der Waals surface area (Å²) >= 11 is 0. The third-order valence-corrected chi connectivity index (χ3v) is 1.45. The van der Waals surface area contributed by atoms with Gasteiger partial charge in [-0.05, 0) is 0 Å². The largest absolute Gasteiger partial charge is 0.483 e. The highest BCUT2D eigenvalue weighted by Crippen LogP contribution is 2.15. The molecule has 0 N–H and O–H groups in total. The van der Waals surface area contributed by atoms with E-state index in [1.165, 1.54) is 14.0 Å². The summed E-state index contributed by atoms with van der Waals surface area (Å²) in [5.41, 5.74) is 0. The molecular formula is C8H10O5. The molecule has 5 nitrogen and oxygen atoms in total. The van der Waals surface area contributed by atoms with Crippen molar-refractivity contribution < 1.29 is 23.8 Å². The van der Waals surface area contributed by atoms with E-state index >= 15 is 0 Å². The number of ketones is 1. The molecule has 13 heavy (non-hydrogen) atoms. The van der Waals surface area contributed by atoms with Gasteiger partial charge in [0.1, 0.15) is 6.26 Å². The minimum atomic E-state index is -0.681. The molecule has 0 aromatic heterocycles. The number of esters is 1. The molecule has 0 aliphatic carbocycles. The summed E-state index contributed by atoms with van der Waals surface area (Å²) in [6.07, 6.45) is 0.451. The van der Waals surface area contributed by atoms with Crippen molar-refractivity contribution in [1.82, 2.24) is 0 Å². The van der Waals surface area contributed by atoms with E-state index < -0.39 is 12.1 Å². The van der Waals surface area contributed by atoms with Crippen LogP contribution < -0.4 is 0 Å². The topological polar surface area (TPSA) is 61.8 Å². The number of Topliss-reactive ketones (excluding diaryl/α,β-unsaturated/α-hetero) is 1. The van der Waals surface area contributed by atoms with Crippen LogP contribution in [0.1, 0.15) is 6.92 Å². The number of carbonyl (C=O) groups is 2. The molecule has 0 amide bonds. The Bertz CT molecular complexity index is 255. The lowest BCUT2D eigenvalue weighted by Crippen LogP contribution is -2.24. The molecule has 0 radical (unpaired) electrons. The number of hydrogen-bond acceptors (Lipinski definition) is 5. The Morgan fingerprint density at radius 3 is 2.92 bits per heavy atom. The van der Waals surface area contributed by atoms with Gasteiger partial charge < -0.3 is 14.2 Å². The zero-order valence-electron chi connectivity index (χ0n) is 7.40. The Morgan fingerprint density at radius 1 is 1.69 bits per heavy atom. The van der Waals surface area contributed by atoms with Gasteiger partial charge in [-0.1, -0.05) is 0 Å². The molecule has 0 aromatic carbocycles. The molecule has 0 fully saturated rings. The number of rotatable bonds is 3. The monoisotopic (exact) mass is 186 g/mol. The van der Waals surface area contributed by atoms with Gasteiger partial charge in [0.15, 0.2) is 6.10 Å². The number of hydrogen-bond donors (Lipinski definition) is 0. The molecule has 1 aliphatic heterocycles. The van der Waals surface area contributed by atoms with Gasteiger partial charge in [-0.15, -0.1) is 0 Å². The predicted octanol–water partition coefficient (Wildman–Crippen LogP) is 0.00520. The molecule has 72 valence electrons. The summed E-state index contributed by atoms with van der Waals surface area (Å²) < 4.78 is 14.2. The normalized spacial score (nSPS) is 20.9. The van der Waals surface area contributed by atoms with Gasteiger partial charge in [0.25, 0.3) is 0 Å². The maximum absolute atomic E-state index is 11.3. The minimum Gasteiger partial charge on any atom is -0.483 e. The van der Waals surface area contributed by atoms with Crippen LogP contribution in [-0.4, -0.2) is 31.6 Å². The van der Waals surface area contributed by atoms with Crippen LogP contribution in [0.3, 0.4) is 0 Å². The van der Waals surface area contributed by atoms with Crippen molar-refractivity contribution >= 4 is 11.8 Å². The Kier molecular flexibility index (Phi) is 3.02. The number of ether oxygens (including phenoxy) is 3. The molecule has 0 saturated heterocycles. The molecule has 1 rings (SSSR count). The van der Waals surface area contributed by atoms with Gasteiger partial charge in [0.05, 0.1) is 6.61 Å². The zero-order valence-corrected chi connectivity index (χ0v) is 7.40. The van der Waals surface area contributed by atoms with E-state index in [2.05, 4.69) is 4.74 Å². The van der Waals surface area contributed by atoms with Crippen molar-refractivity contribution in [2.75, 3.05) is 13.7 Å². The molecule has 1 atom stereocenters. The van der Waals surface area contributed by atoms with Gasteiger partial charge in [-0.25, -0.2) is 0 Å². The summed E-state index contributed by atoms with van der Waals surface area (Å²) in [4.78, 5) is 21.8. The Morgan fingerprint density at radius 2 is 2.38 bits per heavy atom. The van der Waals surface area contributed by atoms with E-state index in [-0.39, 0.29) is 18.1 Å². The van der Waals surface area contributed by atoms with Gasteiger partial charge in [0, 0.05) is 14.0 Å². The molecule has 0 bridgehead atoms. The van der Waals surface area contributed by atoms with Crippen molar-refractivity contribution in [1.29, 1.82) is 0 Å². The first-order valence-corrected chi connectivity index (χ1v) is 3.72. The lowest BCUT2D eigenvalue weighted by Gasteiger charge is -2.06. The summed E-state index contributed by atoms with van der Waals surface area (Å²) in [5.74, 6) is -0.965. The quantitative estimate of drug-likeness (QED) is 0.581. The average molecular weight is 186 g/mol. The summed E-state index contributed by atoms with van der Waals surface area (Å²) in [6.45, 7) is 1.37. The van der Waals surface area contributed by atoms with Crippen LogP contribution in [0.25, 0.3) is 0 Å². The smallest absolute Gasteiger partial charge is 0.308 e. The minimum absolute atomic E-state index is 0.0606. The second kappa shape index (κ2) is 4.04. The van der Waals surface area contributed by atoms with E-state index in [0.717, 1.165) is 6.26 Å². The van der Waals surface area contributed by atoms with E-state index in [1.54, 1.807) is 0 Å². The van der Waals surface area contributed by atoms with Crippen molar-refractivity contribution in [2.24, 2.45) is 0 Å². The Labute approximate surface area is 75.3 Å². The van der Waals surface area contributed by atoms with Crippen LogP contribution in [-0.2, 0) is 23.8 Å². The zero-order chi connectivity index (χ0) is 9.84. The first-order valence-electron chi connectivity index (χ1n) is 3.72. The summed E-state index contributed by atoms with van der Waals surface area (Å²) in [7, 11) is 1.46. The fraction of sp³-hybridized carbons (Fsp3) is 0.500. The van der Waals surface area contributed by atoms with E-state index in [9.17, 15) is 9.59 Å². The molecule has 5 heteroatoms. The van der Waals surface area contributed by atoms with E-state index in [4.69, 9.17) is 9.47 Å². The standard InChI is InChI=1S/C8H10O5/c1-5(9)13-7-4-12-6(3-11-2)8(7)10/h4,6H,3H2,1-2H3/t6-/m1/s1. The first-order chi connectivity index (χ1) is 6.15. The van der Waals surface area contributed by atoms with Crippen LogP contribution >= 0.6 is 0 Å². The highest BCUT2D eigenvalue weighted by molar-refractivity contribution is 6.00. The van der Waals surface area contributed by atoms with E-state index in [1.807, 2.05) is 0 Å². The predicted molar refractivity (Wildman–Crippen MR) is 41.6 cm³/mol. The average Bonchev–Trinajstić information content (AvgIpc) is 2.36. The highest BCUT2D eigenvalue weighted by Gasteiger charge is 2.31. The molecule has 0 aromatic rings. The lowest BCUT2D eigenvalue weighted by atomic mass is 10.2. The summed E-state index contributed by atoms with van der Waals surface area (Å²) in [5, 5.41) is 0. The Balaban J connectivity index is 2.52. The maximum Gasteiger partial charge on any atom is 0.308 e. The van der Waals surface area contributed by atoms with Gasteiger partial charge in [-0.3, -0.25) is 9.59 Å². The van der Waals surface area contributed by atoms with Gasteiger partial charge in [0.2, 0.25) is 11.5 Å². The number of carbonyl (C=O) groups excluding carboxylic acids is 2. The molecule has 0 saturated carbocycles. The SMILES string of the molecule is COC[C@H]1OC=C(OC(C)=O)C1=O. The second-order valence-electron chi connectivity index (χ2n) is 2.52. The first kappa shape index (κ1) is 9.73. The van der Waals surface area contributed by atoms with Gasteiger partial charge in [-0.2, -0.15) is 0 Å². The fourth-order valence-corrected chi connectivity index (χ4v) is 0.918. The van der Waals surface area contributed by atoms with Crippen LogP contribution in [0.15, 0.2) is 12.0 Å². The molecule has 1 aliphatic rings. The van der Waals surface area contributed by atoms with Gasteiger partial charge >= 0.3 is 5.97 Å². The van der Waals surface area contributed by atoms with Crippen LogP contribution in [0.2, 0.25) is 0 Å². The van der Waals surface area contributed by atoms with Crippen molar-refractivity contribution in [3.05, 3.63) is 12.0 Å². The molecule has 1 heterocycles. The maximum atomic E-state index is 11.3. The van der Waals surface area contributed by atoms with Crippen LogP contribution in [0.4, 0.5) is 0 Å². The fourth-order valence-electron chi connectivity index (χ4n) is 0.918. The van der Waals surface area contributed by atoms with Crippen molar-refractivity contribution in [3.63, 3.8) is 0 Å². The summed E-state index contributed by atoms with van der Waals surface area (Å²) in [6, 6.07) is 0. The second-order valence-corrected chi connectivity index (χ2v) is 2.52. The van der Waals surface area contributed by atoms with Crippen molar-refractivity contribution in [2.45, 2.75) is 13.0 Å². The molecular weight excluding hydrogens is 176 g/mol. The Hall–Kier alpha value is -1.36. The third-order valence-electron chi connectivity index (χ3n) is 1.45. The van der Waals surface area contributed by atoms with Crippen LogP contribution in [0, 0.1) is 0 Å².